The van der Waals surface area contributed by atoms with Crippen molar-refractivity contribution >= 4 is 0 Å². The molecule has 60 valence electrons. The molecule has 0 aliphatic carbocycles. The van der Waals surface area contributed by atoms with Crippen LogP contribution >= 0.6 is 0 Å². The second kappa shape index (κ2) is 3.91. The molecule has 1 atom stereocenters. The highest BCUT2D eigenvalue weighted by atomic mass is 16.5. The van der Waals surface area contributed by atoms with Crippen LogP contribution in [0.5, 0.6) is 0 Å². The van der Waals surface area contributed by atoms with Crippen LogP contribution in [0.15, 0.2) is 0 Å². The van der Waals surface area contributed by atoms with Gasteiger partial charge in [-0.25, -0.2) is 5.01 Å². The van der Waals surface area contributed by atoms with E-state index in [1.165, 1.54) is 6.42 Å². The maximum atomic E-state index is 5.03. The van der Waals surface area contributed by atoms with Crippen molar-refractivity contribution < 1.29 is 4.74 Å². The average molecular weight is 144 g/mol. The van der Waals surface area contributed by atoms with Gasteiger partial charge in [0.25, 0.3) is 0 Å². The molecule has 0 aromatic heterocycles. The van der Waals surface area contributed by atoms with E-state index in [-0.39, 0.29) is 0 Å². The Morgan fingerprint density at radius 3 is 3.00 bits per heavy atom. The zero-order chi connectivity index (χ0) is 7.40. The van der Waals surface area contributed by atoms with Crippen LogP contribution in [0.1, 0.15) is 13.3 Å². The van der Waals surface area contributed by atoms with E-state index in [0.717, 1.165) is 19.7 Å². The molecular formula is C7H16N2O. The third-order valence-corrected chi connectivity index (χ3v) is 1.83. The first-order chi connectivity index (χ1) is 4.84. The first-order valence-electron chi connectivity index (χ1n) is 3.83. The molecule has 3 heteroatoms. The van der Waals surface area contributed by atoms with E-state index in [2.05, 4.69) is 17.4 Å². The van der Waals surface area contributed by atoms with Gasteiger partial charge in [-0.2, -0.15) is 0 Å². The van der Waals surface area contributed by atoms with Crippen LogP contribution in [0.4, 0.5) is 0 Å². The summed E-state index contributed by atoms with van der Waals surface area (Å²) >= 11 is 0. The standard InChI is InChI=1S/C7H16N2O/c1-7(6-10-2)9-5-3-4-8-9/h7-8H,3-6H2,1-2H3. The van der Waals surface area contributed by atoms with Gasteiger partial charge in [-0.1, -0.05) is 0 Å². The fourth-order valence-electron chi connectivity index (χ4n) is 1.26. The predicted octanol–water partition coefficient (Wildman–Crippen LogP) is 0.232. The lowest BCUT2D eigenvalue weighted by Gasteiger charge is -2.22. The summed E-state index contributed by atoms with van der Waals surface area (Å²) in [6.07, 6.45) is 1.26. The lowest BCUT2D eigenvalue weighted by Crippen LogP contribution is -2.41. The Morgan fingerprint density at radius 1 is 1.70 bits per heavy atom. The van der Waals surface area contributed by atoms with Gasteiger partial charge in [0.05, 0.1) is 6.61 Å². The SMILES string of the molecule is COCC(C)N1CCCN1. The Labute approximate surface area is 62.3 Å². The molecule has 1 heterocycles. The number of rotatable bonds is 3. The Balaban J connectivity index is 2.18. The van der Waals surface area contributed by atoms with Gasteiger partial charge < -0.3 is 4.74 Å². The number of hydrazine groups is 1. The maximum absolute atomic E-state index is 5.03. The molecule has 1 aliphatic heterocycles. The summed E-state index contributed by atoms with van der Waals surface area (Å²) in [5, 5.41) is 2.24. The second-order valence-electron chi connectivity index (χ2n) is 2.76. The maximum Gasteiger partial charge on any atom is 0.0629 e. The van der Waals surface area contributed by atoms with Gasteiger partial charge in [-0.15, -0.1) is 0 Å². The molecule has 3 nitrogen and oxygen atoms in total. The third-order valence-electron chi connectivity index (χ3n) is 1.83. The molecule has 1 unspecified atom stereocenters. The molecule has 0 bridgehead atoms. The first kappa shape index (κ1) is 7.98. The van der Waals surface area contributed by atoms with Gasteiger partial charge in [0.2, 0.25) is 0 Å². The van der Waals surface area contributed by atoms with Crippen LogP contribution in [0.25, 0.3) is 0 Å². The number of methoxy groups -OCH3 is 1. The van der Waals surface area contributed by atoms with Crippen molar-refractivity contribution in [2.75, 3.05) is 26.8 Å². The summed E-state index contributed by atoms with van der Waals surface area (Å²) in [4.78, 5) is 0. The summed E-state index contributed by atoms with van der Waals surface area (Å²) in [5.74, 6) is 0. The zero-order valence-electron chi connectivity index (χ0n) is 6.76. The van der Waals surface area contributed by atoms with E-state index in [9.17, 15) is 0 Å². The Bertz CT molecular complexity index is 91.6. The number of hydrogen-bond acceptors (Lipinski definition) is 3. The predicted molar refractivity (Wildman–Crippen MR) is 40.7 cm³/mol. The highest BCUT2D eigenvalue weighted by Crippen LogP contribution is 2.02. The Hall–Kier alpha value is -0.120. The monoisotopic (exact) mass is 144 g/mol. The van der Waals surface area contributed by atoms with Gasteiger partial charge in [-0.05, 0) is 13.3 Å². The highest BCUT2D eigenvalue weighted by Gasteiger charge is 2.16. The lowest BCUT2D eigenvalue weighted by molar-refractivity contribution is 0.0879. The van der Waals surface area contributed by atoms with E-state index in [4.69, 9.17) is 4.74 Å². The van der Waals surface area contributed by atoms with E-state index in [1.807, 2.05) is 0 Å². The molecule has 1 aliphatic rings. The largest absolute Gasteiger partial charge is 0.383 e. The summed E-state index contributed by atoms with van der Waals surface area (Å²) in [6, 6.07) is 0.507. The molecular weight excluding hydrogens is 128 g/mol. The van der Waals surface area contributed by atoms with Gasteiger partial charge in [0.1, 0.15) is 0 Å². The second-order valence-corrected chi connectivity index (χ2v) is 2.76. The van der Waals surface area contributed by atoms with E-state index >= 15 is 0 Å². The van der Waals surface area contributed by atoms with Crippen molar-refractivity contribution in [2.45, 2.75) is 19.4 Å². The van der Waals surface area contributed by atoms with Crippen LogP contribution in [0.3, 0.4) is 0 Å². The Morgan fingerprint density at radius 2 is 2.50 bits per heavy atom. The van der Waals surface area contributed by atoms with Crippen LogP contribution in [0, 0.1) is 0 Å². The minimum Gasteiger partial charge on any atom is -0.383 e. The van der Waals surface area contributed by atoms with Crippen LogP contribution in [-0.4, -0.2) is 37.9 Å². The minimum atomic E-state index is 0.507. The van der Waals surface area contributed by atoms with Crippen molar-refractivity contribution in [3.63, 3.8) is 0 Å². The van der Waals surface area contributed by atoms with Crippen molar-refractivity contribution in [2.24, 2.45) is 0 Å². The Kier molecular flexibility index (Phi) is 3.12. The van der Waals surface area contributed by atoms with Gasteiger partial charge in [-0.3, -0.25) is 5.43 Å². The molecule has 0 aromatic carbocycles. The molecule has 1 N–H and O–H groups in total. The quantitative estimate of drug-likeness (QED) is 0.613. The summed E-state index contributed by atoms with van der Waals surface area (Å²) < 4.78 is 5.03. The number of ether oxygens (including phenoxy) is 1. The highest BCUT2D eigenvalue weighted by molar-refractivity contribution is 4.68. The average Bonchev–Trinajstić information content (AvgIpc) is 2.38. The van der Waals surface area contributed by atoms with Crippen molar-refractivity contribution in [1.29, 1.82) is 0 Å². The van der Waals surface area contributed by atoms with Crippen molar-refractivity contribution in [1.82, 2.24) is 10.4 Å². The molecule has 1 fully saturated rings. The van der Waals surface area contributed by atoms with Crippen LogP contribution in [-0.2, 0) is 4.74 Å². The van der Waals surface area contributed by atoms with E-state index in [1.54, 1.807) is 7.11 Å². The minimum absolute atomic E-state index is 0.507. The summed E-state index contributed by atoms with van der Waals surface area (Å²) in [7, 11) is 1.74. The third kappa shape index (κ3) is 1.94. The van der Waals surface area contributed by atoms with Crippen molar-refractivity contribution in [3.8, 4) is 0 Å². The first-order valence-corrected chi connectivity index (χ1v) is 3.83. The van der Waals surface area contributed by atoms with E-state index < -0.39 is 0 Å². The molecule has 0 saturated carbocycles. The smallest absolute Gasteiger partial charge is 0.0629 e. The number of nitrogens with one attached hydrogen (secondary N) is 1. The van der Waals surface area contributed by atoms with Gasteiger partial charge in [0.15, 0.2) is 0 Å². The molecule has 0 spiro atoms. The molecule has 0 amide bonds. The summed E-state index contributed by atoms with van der Waals surface area (Å²) in [6.45, 7) is 5.26. The summed E-state index contributed by atoms with van der Waals surface area (Å²) in [5.41, 5.74) is 3.29. The molecule has 0 aromatic rings. The number of hydrogen-bond donors (Lipinski definition) is 1. The zero-order valence-corrected chi connectivity index (χ0v) is 6.76. The van der Waals surface area contributed by atoms with E-state index in [0.29, 0.717) is 6.04 Å². The molecule has 10 heavy (non-hydrogen) atoms. The lowest BCUT2D eigenvalue weighted by atomic mass is 10.3. The topological polar surface area (TPSA) is 24.5 Å². The fraction of sp³-hybridized carbons (Fsp3) is 1.00. The van der Waals surface area contributed by atoms with Gasteiger partial charge in [0, 0.05) is 26.2 Å². The number of nitrogens with zero attached hydrogens (tertiary/aromatic N) is 1. The fourth-order valence-corrected chi connectivity index (χ4v) is 1.26. The van der Waals surface area contributed by atoms with Crippen LogP contribution in [0.2, 0.25) is 0 Å². The normalized spacial score (nSPS) is 23.4. The van der Waals surface area contributed by atoms with Crippen LogP contribution < -0.4 is 5.43 Å². The molecule has 1 rings (SSSR count). The molecule has 0 radical (unpaired) electrons. The van der Waals surface area contributed by atoms with Gasteiger partial charge >= 0.3 is 0 Å². The van der Waals surface area contributed by atoms with Crippen molar-refractivity contribution in [3.05, 3.63) is 0 Å². The molecule has 1 saturated heterocycles.